The Kier molecular flexibility index (Phi) is 3.97. The molecule has 0 heterocycles. The quantitative estimate of drug-likeness (QED) is 0.720. The SMILES string of the molecule is CC(=O)CC(C)(C)Sc1ccc(C)cc1. The highest BCUT2D eigenvalue weighted by Gasteiger charge is 2.21. The average molecular weight is 222 g/mol. The predicted molar refractivity (Wildman–Crippen MR) is 66.4 cm³/mol. The highest BCUT2D eigenvalue weighted by molar-refractivity contribution is 8.00. The molecule has 0 bridgehead atoms. The van der Waals surface area contributed by atoms with Gasteiger partial charge in [0.25, 0.3) is 0 Å². The number of benzene rings is 1. The van der Waals surface area contributed by atoms with Gasteiger partial charge in [0.1, 0.15) is 5.78 Å². The van der Waals surface area contributed by atoms with Crippen molar-refractivity contribution < 1.29 is 4.79 Å². The predicted octanol–water partition coefficient (Wildman–Crippen LogP) is 3.84. The summed E-state index contributed by atoms with van der Waals surface area (Å²) in [5.74, 6) is 0.250. The van der Waals surface area contributed by atoms with Crippen LogP contribution in [0.25, 0.3) is 0 Å². The topological polar surface area (TPSA) is 17.1 Å². The van der Waals surface area contributed by atoms with Crippen LogP contribution in [0.15, 0.2) is 29.2 Å². The normalized spacial score (nSPS) is 11.5. The molecule has 0 saturated heterocycles. The molecule has 0 aromatic heterocycles. The first-order chi connectivity index (χ1) is 6.89. The largest absolute Gasteiger partial charge is 0.300 e. The van der Waals surface area contributed by atoms with Gasteiger partial charge in [-0.25, -0.2) is 0 Å². The fourth-order valence-electron chi connectivity index (χ4n) is 1.56. The summed E-state index contributed by atoms with van der Waals surface area (Å²) >= 11 is 1.76. The maximum Gasteiger partial charge on any atom is 0.131 e. The maximum absolute atomic E-state index is 11.1. The van der Waals surface area contributed by atoms with Crippen LogP contribution in [0.2, 0.25) is 0 Å². The second kappa shape index (κ2) is 4.84. The van der Waals surface area contributed by atoms with Gasteiger partial charge in [-0.1, -0.05) is 17.7 Å². The van der Waals surface area contributed by atoms with Gasteiger partial charge in [0.2, 0.25) is 0 Å². The Hall–Kier alpha value is -0.760. The lowest BCUT2D eigenvalue weighted by atomic mass is 10.1. The lowest BCUT2D eigenvalue weighted by molar-refractivity contribution is -0.117. The van der Waals surface area contributed by atoms with Crippen LogP contribution in [0.3, 0.4) is 0 Å². The standard InChI is InChI=1S/C13H18OS/c1-10-5-7-12(8-6-10)15-13(3,4)9-11(2)14/h5-8H,9H2,1-4H3. The van der Waals surface area contributed by atoms with Crippen LogP contribution in [0.4, 0.5) is 0 Å². The van der Waals surface area contributed by atoms with Crippen LogP contribution < -0.4 is 0 Å². The fourth-order valence-corrected chi connectivity index (χ4v) is 2.75. The number of hydrogen-bond donors (Lipinski definition) is 0. The van der Waals surface area contributed by atoms with Gasteiger partial charge in [-0.15, -0.1) is 11.8 Å². The number of ketones is 1. The molecule has 0 atom stereocenters. The van der Waals surface area contributed by atoms with Crippen LogP contribution in [0, 0.1) is 6.92 Å². The molecular weight excluding hydrogens is 204 g/mol. The van der Waals surface area contributed by atoms with Gasteiger partial charge in [-0.3, -0.25) is 4.79 Å². The summed E-state index contributed by atoms with van der Waals surface area (Å²) in [4.78, 5) is 12.3. The molecule has 0 unspecified atom stereocenters. The number of rotatable bonds is 4. The molecule has 1 rings (SSSR count). The third kappa shape index (κ3) is 4.52. The molecule has 0 aliphatic heterocycles. The number of carbonyl (C=O) groups is 1. The van der Waals surface area contributed by atoms with Crippen molar-refractivity contribution in [3.05, 3.63) is 29.8 Å². The lowest BCUT2D eigenvalue weighted by Gasteiger charge is -2.22. The van der Waals surface area contributed by atoms with Crippen LogP contribution in [-0.4, -0.2) is 10.5 Å². The Bertz CT molecular complexity index is 338. The zero-order valence-corrected chi connectivity index (χ0v) is 10.6. The van der Waals surface area contributed by atoms with Crippen molar-refractivity contribution in [2.24, 2.45) is 0 Å². The number of aryl methyl sites for hydroxylation is 1. The summed E-state index contributed by atoms with van der Waals surface area (Å²) < 4.78 is -0.0128. The highest BCUT2D eigenvalue weighted by Crippen LogP contribution is 2.35. The van der Waals surface area contributed by atoms with Crippen LogP contribution >= 0.6 is 11.8 Å². The van der Waals surface area contributed by atoms with Crippen molar-refractivity contribution in [1.29, 1.82) is 0 Å². The van der Waals surface area contributed by atoms with Crippen molar-refractivity contribution in [1.82, 2.24) is 0 Å². The Balaban J connectivity index is 2.68. The molecule has 0 amide bonds. The van der Waals surface area contributed by atoms with E-state index in [2.05, 4.69) is 45.0 Å². The molecule has 1 aromatic carbocycles. The molecule has 0 spiro atoms. The van der Waals surface area contributed by atoms with Crippen molar-refractivity contribution in [3.8, 4) is 0 Å². The van der Waals surface area contributed by atoms with E-state index >= 15 is 0 Å². The van der Waals surface area contributed by atoms with Crippen LogP contribution in [0.5, 0.6) is 0 Å². The molecule has 1 aromatic rings. The molecule has 82 valence electrons. The van der Waals surface area contributed by atoms with Crippen molar-refractivity contribution in [2.45, 2.75) is 43.8 Å². The molecule has 0 aliphatic carbocycles. The van der Waals surface area contributed by atoms with E-state index in [0.717, 1.165) is 0 Å². The first-order valence-corrected chi connectivity index (χ1v) is 5.96. The van der Waals surface area contributed by atoms with E-state index in [9.17, 15) is 4.79 Å². The van der Waals surface area contributed by atoms with Crippen molar-refractivity contribution in [2.75, 3.05) is 0 Å². The van der Waals surface area contributed by atoms with E-state index in [-0.39, 0.29) is 10.5 Å². The van der Waals surface area contributed by atoms with Gasteiger partial charge >= 0.3 is 0 Å². The van der Waals surface area contributed by atoms with E-state index in [0.29, 0.717) is 6.42 Å². The number of Topliss-reactive ketones (excluding diaryl/α,β-unsaturated/α-hetero) is 1. The Labute approximate surface area is 96.3 Å². The minimum atomic E-state index is -0.0128. The van der Waals surface area contributed by atoms with E-state index < -0.39 is 0 Å². The summed E-state index contributed by atoms with van der Waals surface area (Å²) in [6, 6.07) is 8.43. The Morgan fingerprint density at radius 1 is 1.27 bits per heavy atom. The molecule has 2 heteroatoms. The first kappa shape index (κ1) is 12.3. The van der Waals surface area contributed by atoms with Crippen molar-refractivity contribution in [3.63, 3.8) is 0 Å². The zero-order valence-electron chi connectivity index (χ0n) is 9.83. The molecule has 1 nitrogen and oxygen atoms in total. The molecule has 0 radical (unpaired) electrons. The molecular formula is C13H18OS. The monoisotopic (exact) mass is 222 g/mol. The van der Waals surface area contributed by atoms with Gasteiger partial charge < -0.3 is 0 Å². The summed E-state index contributed by atoms with van der Waals surface area (Å²) in [5, 5.41) is 0. The summed E-state index contributed by atoms with van der Waals surface area (Å²) in [6.07, 6.45) is 0.617. The maximum atomic E-state index is 11.1. The Morgan fingerprint density at radius 3 is 2.27 bits per heavy atom. The van der Waals surface area contributed by atoms with E-state index in [1.54, 1.807) is 18.7 Å². The second-order valence-electron chi connectivity index (χ2n) is 4.55. The smallest absolute Gasteiger partial charge is 0.131 e. The Morgan fingerprint density at radius 2 is 1.80 bits per heavy atom. The van der Waals surface area contributed by atoms with Crippen LogP contribution in [0.1, 0.15) is 32.8 Å². The number of carbonyl (C=O) groups excluding carboxylic acids is 1. The molecule has 0 aliphatic rings. The van der Waals surface area contributed by atoms with Gasteiger partial charge in [0.05, 0.1) is 0 Å². The molecule has 15 heavy (non-hydrogen) atoms. The molecule has 0 saturated carbocycles. The third-order valence-corrected chi connectivity index (χ3v) is 3.29. The van der Waals surface area contributed by atoms with E-state index in [1.807, 2.05) is 0 Å². The second-order valence-corrected chi connectivity index (χ2v) is 6.33. The lowest BCUT2D eigenvalue weighted by Crippen LogP contribution is -2.18. The zero-order chi connectivity index (χ0) is 11.5. The van der Waals surface area contributed by atoms with Crippen molar-refractivity contribution >= 4 is 17.5 Å². The third-order valence-electron chi connectivity index (χ3n) is 2.09. The number of hydrogen-bond acceptors (Lipinski definition) is 2. The van der Waals surface area contributed by atoms with E-state index in [1.165, 1.54) is 10.5 Å². The average Bonchev–Trinajstić information content (AvgIpc) is 2.06. The summed E-state index contributed by atoms with van der Waals surface area (Å²) in [7, 11) is 0. The van der Waals surface area contributed by atoms with E-state index in [4.69, 9.17) is 0 Å². The van der Waals surface area contributed by atoms with Gasteiger partial charge in [0, 0.05) is 16.1 Å². The molecule has 0 fully saturated rings. The fraction of sp³-hybridized carbons (Fsp3) is 0.462. The van der Waals surface area contributed by atoms with Gasteiger partial charge in [-0.2, -0.15) is 0 Å². The highest BCUT2D eigenvalue weighted by atomic mass is 32.2. The number of thioether (sulfide) groups is 1. The first-order valence-electron chi connectivity index (χ1n) is 5.14. The minimum absolute atomic E-state index is 0.0128. The summed E-state index contributed by atoms with van der Waals surface area (Å²) in [6.45, 7) is 7.95. The molecule has 0 N–H and O–H groups in total. The van der Waals surface area contributed by atoms with Crippen LogP contribution in [-0.2, 0) is 4.79 Å². The minimum Gasteiger partial charge on any atom is -0.300 e. The summed E-state index contributed by atoms with van der Waals surface area (Å²) in [5.41, 5.74) is 1.27. The van der Waals surface area contributed by atoms with Gasteiger partial charge in [-0.05, 0) is 39.8 Å². The van der Waals surface area contributed by atoms with Gasteiger partial charge in [0.15, 0.2) is 0 Å².